The number of pyridine rings is 1. The van der Waals surface area contributed by atoms with Gasteiger partial charge >= 0.3 is 0 Å². The molecule has 0 spiro atoms. The lowest BCUT2D eigenvalue weighted by molar-refractivity contribution is 0.267. The van der Waals surface area contributed by atoms with Gasteiger partial charge in [0.1, 0.15) is 5.82 Å². The van der Waals surface area contributed by atoms with Gasteiger partial charge in [-0.05, 0) is 46.8 Å². The van der Waals surface area contributed by atoms with Gasteiger partial charge in [-0.15, -0.1) is 0 Å². The second-order valence-corrected chi connectivity index (χ2v) is 5.24. The largest absolute Gasteiger partial charge is 0.396 e. The molecule has 2 N–H and O–H groups in total. The Hall–Kier alpha value is -0.610. The first-order valence-electron chi connectivity index (χ1n) is 5.54. The third-order valence-electron chi connectivity index (χ3n) is 2.61. The van der Waals surface area contributed by atoms with E-state index in [0.717, 1.165) is 22.3 Å². The number of rotatable bonds is 5. The van der Waals surface area contributed by atoms with Crippen molar-refractivity contribution in [2.24, 2.45) is 5.92 Å². The summed E-state index contributed by atoms with van der Waals surface area (Å²) >= 11 is 3.39. The Morgan fingerprint density at radius 2 is 2.19 bits per heavy atom. The minimum absolute atomic E-state index is 0.200. The Balaban J connectivity index is 2.77. The number of hydrogen-bond acceptors (Lipinski definition) is 3. The molecule has 1 heterocycles. The van der Waals surface area contributed by atoms with Crippen molar-refractivity contribution in [1.29, 1.82) is 0 Å². The summed E-state index contributed by atoms with van der Waals surface area (Å²) in [5.74, 6) is 1.37. The summed E-state index contributed by atoms with van der Waals surface area (Å²) in [6, 6.07) is 2.29. The molecule has 3 nitrogen and oxygen atoms in total. The second kappa shape index (κ2) is 6.21. The molecular weight excluding hydrogens is 268 g/mol. The Morgan fingerprint density at radius 1 is 1.50 bits per heavy atom. The average molecular weight is 287 g/mol. The van der Waals surface area contributed by atoms with Gasteiger partial charge in [-0.3, -0.25) is 0 Å². The van der Waals surface area contributed by atoms with E-state index in [0.29, 0.717) is 5.92 Å². The molecule has 16 heavy (non-hydrogen) atoms. The van der Waals surface area contributed by atoms with E-state index in [4.69, 9.17) is 5.11 Å². The maximum Gasteiger partial charge on any atom is 0.129 e. The first kappa shape index (κ1) is 13.5. The van der Waals surface area contributed by atoms with Crippen LogP contribution in [0.1, 0.15) is 25.8 Å². The van der Waals surface area contributed by atoms with Crippen molar-refractivity contribution >= 4 is 21.7 Å². The number of nitrogens with one attached hydrogen (secondary N) is 1. The molecule has 0 bridgehead atoms. The van der Waals surface area contributed by atoms with Crippen LogP contribution in [-0.4, -0.2) is 22.7 Å². The highest BCUT2D eigenvalue weighted by Crippen LogP contribution is 2.20. The van der Waals surface area contributed by atoms with E-state index >= 15 is 0 Å². The smallest absolute Gasteiger partial charge is 0.129 e. The van der Waals surface area contributed by atoms with Gasteiger partial charge < -0.3 is 10.4 Å². The second-order valence-electron chi connectivity index (χ2n) is 4.33. The summed E-state index contributed by atoms with van der Waals surface area (Å²) in [6.45, 7) is 6.50. The minimum Gasteiger partial charge on any atom is -0.396 e. The number of aliphatic hydroxyl groups excluding tert-OH is 1. The van der Waals surface area contributed by atoms with Crippen LogP contribution in [0, 0.1) is 12.8 Å². The van der Waals surface area contributed by atoms with E-state index in [1.807, 2.05) is 13.0 Å². The van der Waals surface area contributed by atoms with Crippen molar-refractivity contribution in [2.75, 3.05) is 11.9 Å². The maximum atomic E-state index is 9.01. The number of aliphatic hydroxyl groups is 1. The van der Waals surface area contributed by atoms with Gasteiger partial charge in [0.2, 0.25) is 0 Å². The van der Waals surface area contributed by atoms with Crippen molar-refractivity contribution in [2.45, 2.75) is 33.2 Å². The highest BCUT2D eigenvalue weighted by atomic mass is 79.9. The monoisotopic (exact) mass is 286 g/mol. The van der Waals surface area contributed by atoms with Gasteiger partial charge in [-0.2, -0.15) is 0 Å². The molecule has 90 valence electrons. The molecule has 0 aliphatic rings. The molecule has 0 radical (unpaired) electrons. The quantitative estimate of drug-likeness (QED) is 0.875. The van der Waals surface area contributed by atoms with Gasteiger partial charge in [0.05, 0.1) is 0 Å². The molecule has 0 aliphatic carbocycles. The highest BCUT2D eigenvalue weighted by molar-refractivity contribution is 9.10. The van der Waals surface area contributed by atoms with Gasteiger partial charge in [0.25, 0.3) is 0 Å². The summed E-state index contributed by atoms with van der Waals surface area (Å²) < 4.78 is 0.985. The summed E-state index contributed by atoms with van der Waals surface area (Å²) in [6.07, 6.45) is 2.53. The molecule has 0 fully saturated rings. The van der Waals surface area contributed by atoms with Crippen molar-refractivity contribution < 1.29 is 5.11 Å². The van der Waals surface area contributed by atoms with E-state index < -0.39 is 0 Å². The fraction of sp³-hybridized carbons (Fsp3) is 0.583. The molecule has 0 aromatic carbocycles. The third kappa shape index (κ3) is 3.76. The van der Waals surface area contributed by atoms with Crippen LogP contribution in [-0.2, 0) is 0 Å². The number of aromatic nitrogens is 1. The Morgan fingerprint density at radius 3 is 2.69 bits per heavy atom. The zero-order valence-corrected chi connectivity index (χ0v) is 11.6. The standard InChI is InChI=1S/C12H19BrN2O/c1-8(2)11(4-5-16)15-12-9(3)6-10(13)7-14-12/h6-8,11,16H,4-5H2,1-3H3,(H,14,15). The lowest BCUT2D eigenvalue weighted by Crippen LogP contribution is -2.27. The van der Waals surface area contributed by atoms with Gasteiger partial charge in [0.15, 0.2) is 0 Å². The first-order valence-corrected chi connectivity index (χ1v) is 6.33. The molecule has 1 rings (SSSR count). The van der Waals surface area contributed by atoms with Crippen molar-refractivity contribution in [3.05, 3.63) is 22.3 Å². The number of nitrogens with zero attached hydrogens (tertiary/aromatic N) is 1. The lowest BCUT2D eigenvalue weighted by Gasteiger charge is -2.23. The van der Waals surface area contributed by atoms with Crippen LogP contribution in [0.5, 0.6) is 0 Å². The van der Waals surface area contributed by atoms with Crippen LogP contribution in [0.2, 0.25) is 0 Å². The predicted molar refractivity (Wildman–Crippen MR) is 70.6 cm³/mol. The molecule has 0 saturated heterocycles. The molecule has 1 aromatic heterocycles. The first-order chi connectivity index (χ1) is 7.54. The zero-order valence-electron chi connectivity index (χ0n) is 10.00. The summed E-state index contributed by atoms with van der Waals surface area (Å²) in [5, 5.41) is 12.4. The molecule has 4 heteroatoms. The summed E-state index contributed by atoms with van der Waals surface area (Å²) in [7, 11) is 0. The number of halogens is 1. The van der Waals surface area contributed by atoms with Gasteiger partial charge in [-0.25, -0.2) is 4.98 Å². The Labute approximate surface area is 105 Å². The molecule has 1 unspecified atom stereocenters. The maximum absolute atomic E-state index is 9.01. The summed E-state index contributed by atoms with van der Waals surface area (Å²) in [4.78, 5) is 4.34. The molecular formula is C12H19BrN2O. The van der Waals surface area contributed by atoms with E-state index in [-0.39, 0.29) is 12.6 Å². The molecule has 0 aliphatic heterocycles. The van der Waals surface area contributed by atoms with Crippen molar-refractivity contribution in [3.63, 3.8) is 0 Å². The Kier molecular flexibility index (Phi) is 5.22. The normalized spacial score (nSPS) is 12.9. The van der Waals surface area contributed by atoms with Crippen LogP contribution in [0.3, 0.4) is 0 Å². The minimum atomic E-state index is 0.200. The van der Waals surface area contributed by atoms with Gasteiger partial charge in [0, 0.05) is 23.3 Å². The van der Waals surface area contributed by atoms with Crippen LogP contribution in [0.15, 0.2) is 16.7 Å². The molecule has 1 aromatic rings. The lowest BCUT2D eigenvalue weighted by atomic mass is 10.0. The zero-order chi connectivity index (χ0) is 12.1. The van der Waals surface area contributed by atoms with E-state index in [9.17, 15) is 0 Å². The Bertz CT molecular complexity index is 342. The topological polar surface area (TPSA) is 45.2 Å². The average Bonchev–Trinajstić information content (AvgIpc) is 2.20. The molecule has 0 saturated carbocycles. The number of anilines is 1. The van der Waals surface area contributed by atoms with E-state index in [1.54, 1.807) is 6.20 Å². The van der Waals surface area contributed by atoms with Crippen LogP contribution < -0.4 is 5.32 Å². The molecule has 0 amide bonds. The van der Waals surface area contributed by atoms with Crippen molar-refractivity contribution in [1.82, 2.24) is 4.98 Å². The number of aryl methyl sites for hydroxylation is 1. The van der Waals surface area contributed by atoms with Gasteiger partial charge in [-0.1, -0.05) is 13.8 Å². The predicted octanol–water partition coefficient (Wildman–Crippen LogP) is 2.97. The summed E-state index contributed by atoms with van der Waals surface area (Å²) in [5.41, 5.74) is 1.11. The fourth-order valence-corrected chi connectivity index (χ4v) is 2.02. The van der Waals surface area contributed by atoms with Crippen LogP contribution in [0.25, 0.3) is 0 Å². The van der Waals surface area contributed by atoms with E-state index in [1.165, 1.54) is 0 Å². The highest BCUT2D eigenvalue weighted by Gasteiger charge is 2.14. The third-order valence-corrected chi connectivity index (χ3v) is 3.05. The van der Waals surface area contributed by atoms with E-state index in [2.05, 4.69) is 40.1 Å². The number of hydrogen-bond donors (Lipinski definition) is 2. The fourth-order valence-electron chi connectivity index (χ4n) is 1.58. The van der Waals surface area contributed by atoms with Crippen LogP contribution >= 0.6 is 15.9 Å². The molecule has 1 atom stereocenters. The van der Waals surface area contributed by atoms with Crippen molar-refractivity contribution in [3.8, 4) is 0 Å². The van der Waals surface area contributed by atoms with Crippen LogP contribution in [0.4, 0.5) is 5.82 Å². The SMILES string of the molecule is Cc1cc(Br)cnc1NC(CCO)C(C)C.